The van der Waals surface area contributed by atoms with E-state index in [1.54, 1.807) is 12.1 Å². The summed E-state index contributed by atoms with van der Waals surface area (Å²) in [5.41, 5.74) is 0. The number of piperidine rings is 1. The van der Waals surface area contributed by atoms with Crippen LogP contribution in [0, 0.1) is 0 Å². The Morgan fingerprint density at radius 1 is 1.42 bits per heavy atom. The van der Waals surface area contributed by atoms with Gasteiger partial charge in [-0.05, 0) is 56.6 Å². The number of nitrogens with one attached hydrogen (secondary N) is 2. The van der Waals surface area contributed by atoms with Crippen molar-refractivity contribution >= 4 is 21.8 Å². The molecule has 5 nitrogen and oxygen atoms in total. The molecule has 2 aromatic rings. The van der Waals surface area contributed by atoms with Crippen molar-refractivity contribution in [3.63, 3.8) is 0 Å². The summed E-state index contributed by atoms with van der Waals surface area (Å²) >= 11 is 3.40. The van der Waals surface area contributed by atoms with Crippen LogP contribution in [-0.4, -0.2) is 24.5 Å². The third-order valence-electron chi connectivity index (χ3n) is 4.14. The summed E-state index contributed by atoms with van der Waals surface area (Å²) in [6.45, 7) is 3.37. The summed E-state index contributed by atoms with van der Waals surface area (Å²) in [5, 5.41) is 6.41. The van der Waals surface area contributed by atoms with Crippen molar-refractivity contribution in [2.45, 2.75) is 38.5 Å². The van der Waals surface area contributed by atoms with Crippen LogP contribution in [-0.2, 0) is 6.61 Å². The number of benzene rings is 1. The van der Waals surface area contributed by atoms with E-state index < -0.39 is 0 Å². The third kappa shape index (κ3) is 4.39. The van der Waals surface area contributed by atoms with Gasteiger partial charge in [0.25, 0.3) is 5.91 Å². The summed E-state index contributed by atoms with van der Waals surface area (Å²) in [6, 6.07) is 11.5. The molecule has 0 radical (unpaired) electrons. The van der Waals surface area contributed by atoms with Crippen molar-refractivity contribution in [3.05, 3.63) is 52.4 Å². The van der Waals surface area contributed by atoms with E-state index in [2.05, 4.69) is 33.5 Å². The number of carbonyl (C=O) groups is 1. The summed E-state index contributed by atoms with van der Waals surface area (Å²) in [5.74, 6) is 1.51. The fourth-order valence-corrected chi connectivity index (χ4v) is 3.15. The molecule has 128 valence electrons. The van der Waals surface area contributed by atoms with Gasteiger partial charge in [0.05, 0.1) is 0 Å². The third-order valence-corrected chi connectivity index (χ3v) is 4.63. The van der Waals surface area contributed by atoms with Gasteiger partial charge in [-0.3, -0.25) is 4.79 Å². The first kappa shape index (κ1) is 17.0. The van der Waals surface area contributed by atoms with Gasteiger partial charge in [0, 0.05) is 16.6 Å². The van der Waals surface area contributed by atoms with Crippen molar-refractivity contribution in [2.24, 2.45) is 0 Å². The average Bonchev–Trinajstić information content (AvgIpc) is 3.04. The molecule has 2 atom stereocenters. The van der Waals surface area contributed by atoms with Gasteiger partial charge in [0.1, 0.15) is 18.1 Å². The molecule has 2 heterocycles. The van der Waals surface area contributed by atoms with E-state index in [4.69, 9.17) is 9.15 Å². The van der Waals surface area contributed by atoms with Crippen LogP contribution in [0.1, 0.15) is 36.1 Å². The smallest absolute Gasteiger partial charge is 0.287 e. The molecule has 3 rings (SSSR count). The van der Waals surface area contributed by atoms with E-state index in [9.17, 15) is 4.79 Å². The van der Waals surface area contributed by atoms with Gasteiger partial charge in [-0.15, -0.1) is 0 Å². The number of halogens is 1. The maximum atomic E-state index is 12.3. The largest absolute Gasteiger partial charge is 0.486 e. The molecular formula is C18H21BrN2O3. The molecule has 6 heteroatoms. The van der Waals surface area contributed by atoms with E-state index in [0.29, 0.717) is 11.5 Å². The number of amides is 1. The molecule has 0 saturated carbocycles. The first-order chi connectivity index (χ1) is 11.6. The Balaban J connectivity index is 1.55. The predicted octanol–water partition coefficient (Wildman–Crippen LogP) is 3.49. The molecule has 1 aliphatic rings. The van der Waals surface area contributed by atoms with Gasteiger partial charge in [-0.1, -0.05) is 22.0 Å². The first-order valence-electron chi connectivity index (χ1n) is 8.13. The standard InChI is InChI=1S/C18H21BrN2O3/c1-12-16(6-3-9-20-12)21-18(22)17-8-7-15(24-17)11-23-14-5-2-4-13(19)10-14/h2,4-5,7-8,10,12,16,20H,3,6,9,11H2,1H3,(H,21,22). The number of rotatable bonds is 5. The number of hydrogen-bond donors (Lipinski definition) is 2. The highest BCUT2D eigenvalue weighted by molar-refractivity contribution is 9.10. The highest BCUT2D eigenvalue weighted by Crippen LogP contribution is 2.19. The van der Waals surface area contributed by atoms with Crippen molar-refractivity contribution in [2.75, 3.05) is 6.54 Å². The second kappa shape index (κ2) is 7.85. The molecule has 1 aromatic carbocycles. The van der Waals surface area contributed by atoms with Crippen molar-refractivity contribution in [3.8, 4) is 5.75 Å². The van der Waals surface area contributed by atoms with E-state index in [1.165, 1.54) is 0 Å². The Morgan fingerprint density at radius 3 is 3.08 bits per heavy atom. The average molecular weight is 393 g/mol. The van der Waals surface area contributed by atoms with Gasteiger partial charge in [0.15, 0.2) is 5.76 Å². The summed E-state index contributed by atoms with van der Waals surface area (Å²) in [7, 11) is 0. The van der Waals surface area contributed by atoms with Crippen LogP contribution in [0.4, 0.5) is 0 Å². The highest BCUT2D eigenvalue weighted by Gasteiger charge is 2.24. The predicted molar refractivity (Wildman–Crippen MR) is 95.1 cm³/mol. The number of carbonyl (C=O) groups excluding carboxylic acids is 1. The summed E-state index contributed by atoms with van der Waals surface area (Å²) in [4.78, 5) is 12.3. The fourth-order valence-electron chi connectivity index (χ4n) is 2.77. The molecule has 0 aliphatic carbocycles. The zero-order valence-electron chi connectivity index (χ0n) is 13.5. The van der Waals surface area contributed by atoms with Gasteiger partial charge < -0.3 is 19.8 Å². The van der Waals surface area contributed by atoms with Crippen LogP contribution in [0.5, 0.6) is 5.75 Å². The first-order valence-corrected chi connectivity index (χ1v) is 8.92. The van der Waals surface area contributed by atoms with Crippen LogP contribution in [0.15, 0.2) is 45.3 Å². The molecule has 0 bridgehead atoms. The Hall–Kier alpha value is -1.79. The zero-order chi connectivity index (χ0) is 16.9. The number of hydrogen-bond acceptors (Lipinski definition) is 4. The SMILES string of the molecule is CC1NCCCC1NC(=O)c1ccc(COc2cccc(Br)c2)o1. The van der Waals surface area contributed by atoms with E-state index in [0.717, 1.165) is 29.6 Å². The van der Waals surface area contributed by atoms with Crippen LogP contribution in [0.25, 0.3) is 0 Å². The maximum Gasteiger partial charge on any atom is 0.287 e. The van der Waals surface area contributed by atoms with Crippen LogP contribution in [0.3, 0.4) is 0 Å². The van der Waals surface area contributed by atoms with E-state index in [1.807, 2.05) is 24.3 Å². The summed E-state index contributed by atoms with van der Waals surface area (Å²) < 4.78 is 12.2. The molecule has 1 aromatic heterocycles. The summed E-state index contributed by atoms with van der Waals surface area (Å²) in [6.07, 6.45) is 2.05. The molecule has 2 N–H and O–H groups in total. The molecule has 0 spiro atoms. The molecule has 1 fully saturated rings. The normalized spacial score (nSPS) is 20.6. The topological polar surface area (TPSA) is 63.5 Å². The van der Waals surface area contributed by atoms with Crippen molar-refractivity contribution < 1.29 is 13.9 Å². The van der Waals surface area contributed by atoms with Crippen molar-refractivity contribution in [1.82, 2.24) is 10.6 Å². The molecule has 1 saturated heterocycles. The molecule has 2 unspecified atom stereocenters. The Bertz CT molecular complexity index is 701. The molecule has 24 heavy (non-hydrogen) atoms. The lowest BCUT2D eigenvalue weighted by atomic mass is 10.00. The van der Waals surface area contributed by atoms with Crippen LogP contribution >= 0.6 is 15.9 Å². The molecule has 1 aliphatic heterocycles. The quantitative estimate of drug-likeness (QED) is 0.817. The Labute approximate surface area is 149 Å². The minimum atomic E-state index is -0.177. The molecule has 1 amide bonds. The lowest BCUT2D eigenvalue weighted by Gasteiger charge is -2.30. The lowest BCUT2D eigenvalue weighted by Crippen LogP contribution is -2.51. The van der Waals surface area contributed by atoms with Gasteiger partial charge in [-0.25, -0.2) is 0 Å². The molecular weight excluding hydrogens is 372 g/mol. The van der Waals surface area contributed by atoms with Crippen molar-refractivity contribution in [1.29, 1.82) is 0 Å². The Kier molecular flexibility index (Phi) is 5.58. The highest BCUT2D eigenvalue weighted by atomic mass is 79.9. The number of ether oxygens (including phenoxy) is 1. The fraction of sp³-hybridized carbons (Fsp3) is 0.389. The minimum absolute atomic E-state index is 0.137. The van der Waals surface area contributed by atoms with Gasteiger partial charge in [-0.2, -0.15) is 0 Å². The lowest BCUT2D eigenvalue weighted by molar-refractivity contribution is 0.0887. The van der Waals surface area contributed by atoms with E-state index >= 15 is 0 Å². The van der Waals surface area contributed by atoms with E-state index in [-0.39, 0.29) is 24.6 Å². The van der Waals surface area contributed by atoms with Crippen LogP contribution in [0.2, 0.25) is 0 Å². The minimum Gasteiger partial charge on any atom is -0.486 e. The van der Waals surface area contributed by atoms with Gasteiger partial charge >= 0.3 is 0 Å². The second-order valence-electron chi connectivity index (χ2n) is 5.98. The monoisotopic (exact) mass is 392 g/mol. The Morgan fingerprint density at radius 2 is 2.29 bits per heavy atom. The number of furan rings is 1. The maximum absolute atomic E-state index is 12.3. The van der Waals surface area contributed by atoms with Gasteiger partial charge in [0.2, 0.25) is 0 Å². The second-order valence-corrected chi connectivity index (χ2v) is 6.89. The van der Waals surface area contributed by atoms with Crippen LogP contribution < -0.4 is 15.4 Å². The zero-order valence-corrected chi connectivity index (χ0v) is 15.1.